The number of amides is 4. The second-order valence-corrected chi connectivity index (χ2v) is 6.25. The van der Waals surface area contributed by atoms with E-state index in [0.29, 0.717) is 22.0 Å². The Kier molecular flexibility index (Phi) is 6.44. The molecule has 0 aliphatic carbocycles. The molecule has 0 saturated carbocycles. The predicted molar refractivity (Wildman–Crippen MR) is 102 cm³/mol. The van der Waals surface area contributed by atoms with E-state index in [2.05, 4.69) is 30.9 Å². The van der Waals surface area contributed by atoms with Crippen LogP contribution < -0.4 is 21.8 Å². The Labute approximate surface area is 158 Å². The lowest BCUT2D eigenvalue weighted by molar-refractivity contribution is 0.0605. The zero-order valence-corrected chi connectivity index (χ0v) is 15.6. The van der Waals surface area contributed by atoms with Crippen LogP contribution in [0, 0.1) is 6.92 Å². The van der Waals surface area contributed by atoms with Crippen molar-refractivity contribution in [2.24, 2.45) is 10.8 Å². The molecule has 0 aliphatic rings. The average molecular weight is 390 g/mol. The van der Waals surface area contributed by atoms with Gasteiger partial charge in [0.25, 0.3) is 0 Å². The molecule has 4 amide bonds. The Balaban J connectivity index is 1.99. The van der Waals surface area contributed by atoms with Crippen LogP contribution in [0.25, 0.3) is 0 Å². The molecular weight excluding hydrogens is 372 g/mol. The number of methoxy groups -OCH3 is 1. The number of hydrazone groups is 1. The molecule has 11 heteroatoms. The first-order chi connectivity index (χ1) is 12.8. The zero-order valence-electron chi connectivity index (χ0n) is 14.8. The van der Waals surface area contributed by atoms with Crippen LogP contribution in [0.2, 0.25) is 0 Å². The van der Waals surface area contributed by atoms with E-state index >= 15 is 0 Å². The topological polar surface area (TPSA) is 148 Å². The lowest BCUT2D eigenvalue weighted by Gasteiger charge is -2.07. The van der Waals surface area contributed by atoms with E-state index in [0.717, 1.165) is 16.9 Å². The molecule has 10 nitrogen and oxygen atoms in total. The molecule has 1 aromatic carbocycles. The number of carbonyl (C=O) groups is 3. The summed E-state index contributed by atoms with van der Waals surface area (Å²) in [6.45, 7) is 3.36. The van der Waals surface area contributed by atoms with Crippen molar-refractivity contribution >= 4 is 45.9 Å². The van der Waals surface area contributed by atoms with Crippen molar-refractivity contribution in [1.82, 2.24) is 10.4 Å². The maximum Gasteiger partial charge on any atom is 0.350 e. The van der Waals surface area contributed by atoms with Crippen molar-refractivity contribution < 1.29 is 19.1 Å². The third kappa shape index (κ3) is 5.51. The van der Waals surface area contributed by atoms with Crippen molar-refractivity contribution in [2.45, 2.75) is 13.8 Å². The normalized spacial score (nSPS) is 10.9. The Morgan fingerprint density at radius 1 is 1.19 bits per heavy atom. The highest BCUT2D eigenvalue weighted by molar-refractivity contribution is 7.17. The Morgan fingerprint density at radius 3 is 2.44 bits per heavy atom. The molecule has 5 N–H and O–H groups in total. The van der Waals surface area contributed by atoms with E-state index in [9.17, 15) is 14.4 Å². The summed E-state index contributed by atoms with van der Waals surface area (Å²) in [6, 6.07) is 5.53. The highest BCUT2D eigenvalue weighted by Crippen LogP contribution is 2.23. The molecule has 0 bridgehead atoms. The monoisotopic (exact) mass is 390 g/mol. The lowest BCUT2D eigenvalue weighted by Crippen LogP contribution is -2.25. The molecular formula is C16H18N6O4S. The van der Waals surface area contributed by atoms with Crippen molar-refractivity contribution in [3.63, 3.8) is 0 Å². The number of hydrogen-bond donors (Lipinski definition) is 4. The number of nitrogens with two attached hydrogens (primary N) is 1. The summed E-state index contributed by atoms with van der Waals surface area (Å²) in [4.78, 5) is 38.8. The molecule has 2 aromatic rings. The fourth-order valence-corrected chi connectivity index (χ4v) is 2.87. The van der Waals surface area contributed by atoms with Gasteiger partial charge in [-0.1, -0.05) is 23.5 Å². The van der Waals surface area contributed by atoms with Gasteiger partial charge in [-0.25, -0.2) is 24.8 Å². The summed E-state index contributed by atoms with van der Waals surface area (Å²) in [5.41, 5.74) is 9.41. The van der Waals surface area contributed by atoms with Gasteiger partial charge in [-0.05, 0) is 31.5 Å². The average Bonchev–Trinajstić information content (AvgIpc) is 2.99. The highest BCUT2D eigenvalue weighted by Gasteiger charge is 2.16. The summed E-state index contributed by atoms with van der Waals surface area (Å²) in [6.07, 6.45) is 0. The maximum atomic E-state index is 12.1. The number of carbonyl (C=O) groups excluding carboxylic acids is 3. The number of rotatable bonds is 5. The quantitative estimate of drug-likeness (QED) is 0.351. The van der Waals surface area contributed by atoms with Crippen molar-refractivity contribution in [2.75, 3.05) is 17.7 Å². The number of anilines is 2. The Bertz CT molecular complexity index is 891. The van der Waals surface area contributed by atoms with E-state index in [4.69, 9.17) is 5.73 Å². The van der Waals surface area contributed by atoms with E-state index < -0.39 is 18.0 Å². The number of hydrogen-bond acceptors (Lipinski definition) is 7. The number of aromatic nitrogens is 1. The number of nitrogens with zero attached hydrogens (tertiary/aromatic N) is 2. The molecule has 0 radical (unpaired) electrons. The number of nitrogens with one attached hydrogen (secondary N) is 3. The largest absolute Gasteiger partial charge is 0.465 e. The van der Waals surface area contributed by atoms with Crippen LogP contribution in [-0.2, 0) is 4.74 Å². The number of esters is 1. The van der Waals surface area contributed by atoms with Gasteiger partial charge < -0.3 is 15.8 Å². The first-order valence-corrected chi connectivity index (χ1v) is 8.45. The van der Waals surface area contributed by atoms with Gasteiger partial charge in [0.1, 0.15) is 4.88 Å². The van der Waals surface area contributed by atoms with Crippen LogP contribution in [0.3, 0.4) is 0 Å². The van der Waals surface area contributed by atoms with Crippen molar-refractivity contribution in [3.8, 4) is 0 Å². The van der Waals surface area contributed by atoms with Gasteiger partial charge in [-0.3, -0.25) is 5.32 Å². The summed E-state index contributed by atoms with van der Waals surface area (Å²) in [5.74, 6) is -0.503. The standard InChI is InChI=1S/C16H18N6O4S/c1-8(21-22-14(17)24)10-4-6-11(7-5-10)19-15(25)20-16-18-9(2)12(27-16)13(23)26-3/h4-7H,1-3H3,(H3,17,22,24)(H2,18,19,20,25)/b21-8+. The van der Waals surface area contributed by atoms with E-state index in [1.165, 1.54) is 7.11 Å². The molecule has 0 unspecified atom stereocenters. The highest BCUT2D eigenvalue weighted by atomic mass is 32.1. The molecule has 0 atom stereocenters. The van der Waals surface area contributed by atoms with Crippen LogP contribution in [0.15, 0.2) is 29.4 Å². The summed E-state index contributed by atoms with van der Waals surface area (Å²) in [7, 11) is 1.28. The SMILES string of the molecule is COC(=O)c1sc(NC(=O)Nc2ccc(/C(C)=N/NC(N)=O)cc2)nc1C. The fourth-order valence-electron chi connectivity index (χ4n) is 1.99. The third-order valence-corrected chi connectivity index (χ3v) is 4.34. The minimum atomic E-state index is -0.753. The molecule has 142 valence electrons. The summed E-state index contributed by atoms with van der Waals surface area (Å²) in [5, 5.41) is 9.31. The molecule has 27 heavy (non-hydrogen) atoms. The minimum absolute atomic E-state index is 0.280. The Hall–Kier alpha value is -3.47. The van der Waals surface area contributed by atoms with E-state index in [-0.39, 0.29) is 5.13 Å². The summed E-state index contributed by atoms with van der Waals surface area (Å²) >= 11 is 1.03. The molecule has 0 spiro atoms. The third-order valence-electron chi connectivity index (χ3n) is 3.28. The second-order valence-electron chi connectivity index (χ2n) is 5.25. The lowest BCUT2D eigenvalue weighted by atomic mass is 10.1. The van der Waals surface area contributed by atoms with Crippen LogP contribution in [-0.4, -0.2) is 35.8 Å². The van der Waals surface area contributed by atoms with Crippen LogP contribution >= 0.6 is 11.3 Å². The van der Waals surface area contributed by atoms with Crippen LogP contribution in [0.4, 0.5) is 20.4 Å². The number of thiazole rings is 1. The maximum absolute atomic E-state index is 12.1. The van der Waals surface area contributed by atoms with Crippen molar-refractivity contribution in [1.29, 1.82) is 0 Å². The van der Waals surface area contributed by atoms with Gasteiger partial charge in [0.05, 0.1) is 18.5 Å². The second kappa shape index (κ2) is 8.76. The number of ether oxygens (including phenoxy) is 1. The van der Waals surface area contributed by atoms with Gasteiger partial charge in [0.2, 0.25) is 0 Å². The van der Waals surface area contributed by atoms with Crippen molar-refractivity contribution in [3.05, 3.63) is 40.4 Å². The number of aryl methyl sites for hydroxylation is 1. The fraction of sp³-hybridized carbons (Fsp3) is 0.188. The molecule has 0 saturated heterocycles. The predicted octanol–water partition coefficient (Wildman–Crippen LogP) is 2.27. The van der Waals surface area contributed by atoms with Gasteiger partial charge in [-0.15, -0.1) is 0 Å². The molecule has 2 rings (SSSR count). The van der Waals surface area contributed by atoms with Crippen LogP contribution in [0.1, 0.15) is 27.9 Å². The van der Waals surface area contributed by atoms with E-state index in [1.807, 2.05) is 0 Å². The van der Waals surface area contributed by atoms with Gasteiger partial charge in [-0.2, -0.15) is 5.10 Å². The molecule has 1 heterocycles. The van der Waals surface area contributed by atoms with Gasteiger partial charge in [0, 0.05) is 5.69 Å². The molecule has 0 aliphatic heterocycles. The molecule has 0 fully saturated rings. The summed E-state index contributed by atoms with van der Waals surface area (Å²) < 4.78 is 4.66. The zero-order chi connectivity index (χ0) is 20.0. The molecule has 1 aromatic heterocycles. The first kappa shape index (κ1) is 19.8. The number of benzene rings is 1. The van der Waals surface area contributed by atoms with Gasteiger partial charge >= 0.3 is 18.0 Å². The first-order valence-electron chi connectivity index (χ1n) is 7.64. The Morgan fingerprint density at radius 2 is 1.85 bits per heavy atom. The minimum Gasteiger partial charge on any atom is -0.465 e. The number of primary amides is 1. The van der Waals surface area contributed by atoms with Crippen LogP contribution in [0.5, 0.6) is 0 Å². The smallest absolute Gasteiger partial charge is 0.350 e. The van der Waals surface area contributed by atoms with E-state index in [1.54, 1.807) is 38.1 Å². The number of urea groups is 2. The van der Waals surface area contributed by atoms with Gasteiger partial charge in [0.15, 0.2) is 5.13 Å².